The molecule has 7 heteroatoms. The lowest BCUT2D eigenvalue weighted by Crippen LogP contribution is -2.24. The van der Waals surface area contributed by atoms with E-state index in [1.807, 2.05) is 28.2 Å². The highest BCUT2D eigenvalue weighted by Crippen LogP contribution is 2.36. The van der Waals surface area contributed by atoms with Crippen LogP contribution in [0.5, 0.6) is 0 Å². The average Bonchev–Trinajstić information content (AvgIpc) is 3.33. The van der Waals surface area contributed by atoms with Crippen LogP contribution in [0.3, 0.4) is 0 Å². The normalized spacial score (nSPS) is 14.7. The molecule has 4 aromatic heterocycles. The van der Waals surface area contributed by atoms with Crippen LogP contribution in [-0.4, -0.2) is 28.5 Å². The lowest BCUT2D eigenvalue weighted by molar-refractivity contribution is 0.666. The first-order valence-corrected chi connectivity index (χ1v) is 8.06. The molecule has 0 bridgehead atoms. The second kappa shape index (κ2) is 4.77. The fourth-order valence-corrected chi connectivity index (χ4v) is 3.34. The highest BCUT2D eigenvalue weighted by Gasteiger charge is 2.29. The lowest BCUT2D eigenvalue weighted by atomic mass is 10.3. The number of nitrogens with zero attached hydrogens (tertiary/aromatic N) is 6. The van der Waals surface area contributed by atoms with E-state index in [0.29, 0.717) is 12.6 Å². The molecule has 120 valence electrons. The Bertz CT molecular complexity index is 1130. The minimum Gasteiger partial charge on any atom is -0.301 e. The van der Waals surface area contributed by atoms with Gasteiger partial charge in [-0.3, -0.25) is 19.1 Å². The minimum absolute atomic E-state index is 0.0232. The van der Waals surface area contributed by atoms with E-state index >= 15 is 0 Å². The van der Waals surface area contributed by atoms with Gasteiger partial charge in [-0.25, -0.2) is 9.78 Å². The quantitative estimate of drug-likeness (QED) is 0.578. The third kappa shape index (κ3) is 1.84. The molecule has 0 aromatic carbocycles. The molecule has 0 N–H and O–H groups in total. The van der Waals surface area contributed by atoms with Crippen molar-refractivity contribution in [1.82, 2.24) is 28.5 Å². The van der Waals surface area contributed by atoms with E-state index in [1.54, 1.807) is 29.4 Å². The van der Waals surface area contributed by atoms with Crippen LogP contribution in [0.1, 0.15) is 30.3 Å². The molecule has 0 radical (unpaired) electrons. The summed E-state index contributed by atoms with van der Waals surface area (Å²) in [4.78, 5) is 25.9. The summed E-state index contributed by atoms with van der Waals surface area (Å²) in [5, 5.41) is 0. The summed E-state index contributed by atoms with van der Waals surface area (Å²) in [7, 11) is 0. The maximum Gasteiger partial charge on any atom is 0.329 e. The molecule has 1 aliphatic rings. The Hall–Kier alpha value is -2.96. The average molecular weight is 320 g/mol. The van der Waals surface area contributed by atoms with Crippen LogP contribution in [-0.2, 0) is 6.54 Å². The number of imidazole rings is 2. The summed E-state index contributed by atoms with van der Waals surface area (Å²) < 4.78 is 5.68. The van der Waals surface area contributed by atoms with Crippen molar-refractivity contribution in [3.63, 3.8) is 0 Å². The van der Waals surface area contributed by atoms with E-state index in [0.717, 1.165) is 40.9 Å². The molecule has 4 heterocycles. The van der Waals surface area contributed by atoms with Gasteiger partial charge in [0, 0.05) is 30.3 Å². The Kier molecular flexibility index (Phi) is 2.68. The van der Waals surface area contributed by atoms with E-state index in [9.17, 15) is 4.79 Å². The van der Waals surface area contributed by atoms with E-state index in [1.165, 1.54) is 0 Å². The fourth-order valence-electron chi connectivity index (χ4n) is 3.34. The number of rotatable bonds is 3. The van der Waals surface area contributed by atoms with Crippen molar-refractivity contribution in [1.29, 1.82) is 0 Å². The molecular formula is C17H16N6O. The van der Waals surface area contributed by atoms with Crippen LogP contribution in [0.25, 0.3) is 16.7 Å². The Labute approximate surface area is 137 Å². The van der Waals surface area contributed by atoms with Gasteiger partial charge in [0.15, 0.2) is 5.65 Å². The highest BCUT2D eigenvalue weighted by molar-refractivity contribution is 5.75. The molecular weight excluding hydrogens is 304 g/mol. The summed E-state index contributed by atoms with van der Waals surface area (Å²) >= 11 is 0. The predicted molar refractivity (Wildman–Crippen MR) is 89.1 cm³/mol. The number of aryl methyl sites for hydroxylation is 1. The van der Waals surface area contributed by atoms with Gasteiger partial charge in [-0.1, -0.05) is 0 Å². The zero-order valence-corrected chi connectivity index (χ0v) is 13.3. The molecule has 1 aliphatic carbocycles. The molecule has 0 spiro atoms. The largest absolute Gasteiger partial charge is 0.329 e. The molecule has 24 heavy (non-hydrogen) atoms. The monoisotopic (exact) mass is 320 g/mol. The number of hydrogen-bond donors (Lipinski definition) is 0. The Morgan fingerprint density at radius 1 is 1.17 bits per heavy atom. The molecule has 0 amide bonds. The first-order valence-electron chi connectivity index (χ1n) is 8.06. The van der Waals surface area contributed by atoms with Gasteiger partial charge >= 0.3 is 5.69 Å². The zero-order valence-electron chi connectivity index (χ0n) is 13.3. The second-order valence-corrected chi connectivity index (χ2v) is 6.28. The first kappa shape index (κ1) is 13.5. The van der Waals surface area contributed by atoms with E-state index in [-0.39, 0.29) is 5.69 Å². The van der Waals surface area contributed by atoms with Crippen molar-refractivity contribution in [3.8, 4) is 0 Å². The summed E-state index contributed by atoms with van der Waals surface area (Å²) in [6, 6.07) is 2.25. The Balaban J connectivity index is 1.70. The first-order chi connectivity index (χ1) is 11.7. The molecule has 1 fully saturated rings. The Morgan fingerprint density at radius 2 is 2.00 bits per heavy atom. The van der Waals surface area contributed by atoms with Gasteiger partial charge in [0.1, 0.15) is 0 Å². The molecule has 7 nitrogen and oxygen atoms in total. The van der Waals surface area contributed by atoms with Gasteiger partial charge in [-0.15, -0.1) is 0 Å². The Morgan fingerprint density at radius 3 is 2.79 bits per heavy atom. The third-order valence-corrected chi connectivity index (χ3v) is 4.75. The second-order valence-electron chi connectivity index (χ2n) is 6.28. The van der Waals surface area contributed by atoms with Crippen LogP contribution in [0.4, 0.5) is 0 Å². The SMILES string of the molecule is Cc1c(Cn2c(=O)n(C3CC3)c3ccncc32)nc2cnccn12. The number of fused-ring (bicyclic) bond motifs is 2. The third-order valence-electron chi connectivity index (χ3n) is 4.75. The topological polar surface area (TPSA) is 70.0 Å². The van der Waals surface area contributed by atoms with Gasteiger partial charge in [0.2, 0.25) is 0 Å². The number of pyridine rings is 1. The van der Waals surface area contributed by atoms with Gasteiger partial charge in [0.05, 0.1) is 35.7 Å². The molecule has 1 saturated carbocycles. The van der Waals surface area contributed by atoms with Gasteiger partial charge in [0.25, 0.3) is 0 Å². The smallest absolute Gasteiger partial charge is 0.301 e. The van der Waals surface area contributed by atoms with E-state index in [4.69, 9.17) is 0 Å². The van der Waals surface area contributed by atoms with Crippen molar-refractivity contribution in [2.24, 2.45) is 0 Å². The summed E-state index contributed by atoms with van der Waals surface area (Å²) in [5.74, 6) is 0. The lowest BCUT2D eigenvalue weighted by Gasteiger charge is -2.02. The van der Waals surface area contributed by atoms with Crippen molar-refractivity contribution >= 4 is 16.7 Å². The summed E-state index contributed by atoms with van der Waals surface area (Å²) in [6.07, 6.45) is 11.0. The molecule has 0 unspecified atom stereocenters. The summed E-state index contributed by atoms with van der Waals surface area (Å²) in [6.45, 7) is 2.45. The maximum absolute atomic E-state index is 13.0. The number of hydrogen-bond acceptors (Lipinski definition) is 4. The standard InChI is InChI=1S/C17H16N6O/c1-11-13(20-16-9-19-6-7-21(11)16)10-22-15-8-18-5-4-14(15)23(17(22)24)12-2-3-12/h4-9,12H,2-3,10H2,1H3. The van der Waals surface area contributed by atoms with Gasteiger partial charge in [-0.2, -0.15) is 0 Å². The van der Waals surface area contributed by atoms with Crippen molar-refractivity contribution in [2.75, 3.05) is 0 Å². The van der Waals surface area contributed by atoms with E-state index < -0.39 is 0 Å². The van der Waals surface area contributed by atoms with Crippen LogP contribution in [0.2, 0.25) is 0 Å². The van der Waals surface area contributed by atoms with Gasteiger partial charge < -0.3 is 4.40 Å². The predicted octanol–water partition coefficient (Wildman–Crippen LogP) is 1.93. The van der Waals surface area contributed by atoms with Crippen LogP contribution < -0.4 is 5.69 Å². The fraction of sp³-hybridized carbons (Fsp3) is 0.294. The molecule has 0 aliphatic heterocycles. The maximum atomic E-state index is 13.0. The summed E-state index contributed by atoms with van der Waals surface area (Å²) in [5.41, 5.74) is 4.54. The molecule has 0 saturated heterocycles. The van der Waals surface area contributed by atoms with Crippen molar-refractivity contribution in [3.05, 3.63) is 58.9 Å². The van der Waals surface area contributed by atoms with Crippen molar-refractivity contribution < 1.29 is 0 Å². The van der Waals surface area contributed by atoms with E-state index in [2.05, 4.69) is 15.0 Å². The molecule has 5 rings (SSSR count). The van der Waals surface area contributed by atoms with Crippen LogP contribution >= 0.6 is 0 Å². The highest BCUT2D eigenvalue weighted by atomic mass is 16.1. The molecule has 0 atom stereocenters. The van der Waals surface area contributed by atoms with Gasteiger partial charge in [-0.05, 0) is 25.8 Å². The minimum atomic E-state index is 0.0232. The van der Waals surface area contributed by atoms with Crippen molar-refractivity contribution in [2.45, 2.75) is 32.4 Å². The number of aromatic nitrogens is 6. The molecule has 4 aromatic rings. The zero-order chi connectivity index (χ0) is 16.3. The van der Waals surface area contributed by atoms with Crippen LogP contribution in [0, 0.1) is 6.92 Å². The van der Waals surface area contributed by atoms with Crippen LogP contribution in [0.15, 0.2) is 41.8 Å².